The molecule has 0 heterocycles. The summed E-state index contributed by atoms with van der Waals surface area (Å²) >= 11 is 0. The van der Waals surface area contributed by atoms with Crippen molar-refractivity contribution in [3.05, 3.63) is 72.4 Å². The van der Waals surface area contributed by atoms with Crippen LogP contribution in [0.2, 0.25) is 0 Å². The van der Waals surface area contributed by atoms with Crippen molar-refractivity contribution in [2.45, 2.75) is 13.3 Å². The Kier molecular flexibility index (Phi) is 5.15. The summed E-state index contributed by atoms with van der Waals surface area (Å²) in [6.07, 6.45) is 8.07. The molecule has 0 saturated heterocycles. The predicted octanol–water partition coefficient (Wildman–Crippen LogP) is 3.73. The van der Waals surface area contributed by atoms with Gasteiger partial charge >= 0.3 is 0 Å². The molecule has 1 rings (SSSR count). The van der Waals surface area contributed by atoms with E-state index in [1.54, 1.807) is 12.2 Å². The molecule has 2 N–H and O–H groups in total. The van der Waals surface area contributed by atoms with Crippen LogP contribution < -0.4 is 10.7 Å². The predicted molar refractivity (Wildman–Crippen MR) is 78.3 cm³/mol. The summed E-state index contributed by atoms with van der Waals surface area (Å²) in [5.74, 6) is 5.93. The fourth-order valence-electron chi connectivity index (χ4n) is 1.88. The number of allylic oxidation sites excluding steroid dienone is 4. The van der Waals surface area contributed by atoms with Gasteiger partial charge in [0.2, 0.25) is 0 Å². The highest BCUT2D eigenvalue weighted by molar-refractivity contribution is 5.60. The van der Waals surface area contributed by atoms with E-state index in [0.717, 1.165) is 28.7 Å². The second-order valence-electron chi connectivity index (χ2n) is 4.01. The van der Waals surface area contributed by atoms with Crippen LogP contribution in [0.4, 0.5) is 0 Å². The molecule has 0 amide bonds. The number of hydrogen-bond acceptors (Lipinski definition) is 2. The third-order valence-corrected chi connectivity index (χ3v) is 2.70. The fraction of sp³-hybridized carbons (Fsp3) is 0.125. The molecule has 18 heavy (non-hydrogen) atoms. The van der Waals surface area contributed by atoms with Gasteiger partial charge in [-0.3, -0.25) is 0 Å². The molecule has 0 saturated carbocycles. The highest BCUT2D eigenvalue weighted by Gasteiger charge is 2.07. The zero-order valence-corrected chi connectivity index (χ0v) is 10.8. The van der Waals surface area contributed by atoms with Gasteiger partial charge in [0.1, 0.15) is 0 Å². The monoisotopic (exact) mass is 241 g/mol. The number of rotatable bonds is 6. The minimum atomic E-state index is 0.668. The Labute approximate surface area is 109 Å². The van der Waals surface area contributed by atoms with Crippen molar-refractivity contribution in [3.63, 3.8) is 0 Å². The van der Waals surface area contributed by atoms with Crippen molar-refractivity contribution >= 4 is 6.08 Å². The van der Waals surface area contributed by atoms with E-state index in [1.165, 1.54) is 0 Å². The summed E-state index contributed by atoms with van der Waals surface area (Å²) in [6.45, 7) is 13.2. The van der Waals surface area contributed by atoms with E-state index >= 15 is 0 Å². The zero-order valence-electron chi connectivity index (χ0n) is 10.8. The fourth-order valence-corrected chi connectivity index (χ4v) is 1.88. The van der Waals surface area contributed by atoms with Gasteiger partial charge < -0.3 is 4.84 Å². The lowest BCUT2D eigenvalue weighted by atomic mass is 9.99. The Morgan fingerprint density at radius 3 is 2.56 bits per heavy atom. The minimum Gasteiger partial charge on any atom is -0.411 e. The normalized spacial score (nSPS) is 10.9. The van der Waals surface area contributed by atoms with E-state index in [4.69, 9.17) is 10.7 Å². The summed E-state index contributed by atoms with van der Waals surface area (Å²) < 4.78 is 0. The van der Waals surface area contributed by atoms with Crippen LogP contribution in [0.3, 0.4) is 0 Å². The van der Waals surface area contributed by atoms with E-state index in [1.807, 2.05) is 25.1 Å². The van der Waals surface area contributed by atoms with Gasteiger partial charge in [-0.15, -0.1) is 0 Å². The molecule has 1 aromatic rings. The molecule has 0 bridgehead atoms. The number of hydrogen-bond donors (Lipinski definition) is 1. The maximum Gasteiger partial charge on any atom is 0.156 e. The van der Waals surface area contributed by atoms with Gasteiger partial charge in [0.15, 0.2) is 5.75 Å². The van der Waals surface area contributed by atoms with Crippen molar-refractivity contribution in [2.24, 2.45) is 5.90 Å². The highest BCUT2D eigenvalue weighted by atomic mass is 16.6. The molecule has 0 spiro atoms. The van der Waals surface area contributed by atoms with Crippen molar-refractivity contribution in [3.8, 4) is 5.75 Å². The third kappa shape index (κ3) is 3.22. The van der Waals surface area contributed by atoms with Gasteiger partial charge in [0.25, 0.3) is 0 Å². The lowest BCUT2D eigenvalue weighted by Crippen LogP contribution is -2.06. The van der Waals surface area contributed by atoms with E-state index in [0.29, 0.717) is 5.75 Å². The lowest BCUT2D eigenvalue weighted by molar-refractivity contribution is 0.331. The smallest absolute Gasteiger partial charge is 0.156 e. The van der Waals surface area contributed by atoms with Gasteiger partial charge in [-0.25, -0.2) is 0 Å². The quantitative estimate of drug-likeness (QED) is 0.608. The third-order valence-electron chi connectivity index (χ3n) is 2.70. The van der Waals surface area contributed by atoms with Crippen molar-refractivity contribution in [1.82, 2.24) is 0 Å². The molecule has 0 fully saturated rings. The maximum absolute atomic E-state index is 5.26. The molecule has 0 aliphatic carbocycles. The Balaban J connectivity index is 3.15. The van der Waals surface area contributed by atoms with Crippen LogP contribution in [0.1, 0.15) is 16.7 Å². The summed E-state index contributed by atoms with van der Waals surface area (Å²) in [5.41, 5.74) is 4.17. The van der Waals surface area contributed by atoms with Crippen LogP contribution in [-0.4, -0.2) is 0 Å². The Bertz CT molecular complexity index is 498. The average Bonchev–Trinajstić information content (AvgIpc) is 2.37. The van der Waals surface area contributed by atoms with Crippen LogP contribution in [0.25, 0.3) is 6.08 Å². The van der Waals surface area contributed by atoms with Gasteiger partial charge in [0, 0.05) is 5.56 Å². The average molecular weight is 241 g/mol. The molecule has 0 unspecified atom stereocenters. The van der Waals surface area contributed by atoms with Crippen LogP contribution in [-0.2, 0) is 6.42 Å². The lowest BCUT2D eigenvalue weighted by Gasteiger charge is -2.11. The molecule has 0 aromatic heterocycles. The SMILES string of the molecule is C=C/C=C(\C=C)Cc1cc(C)c(ON)c(C=C)c1. The standard InChI is InChI=1S/C16H19NO/c1-5-8-13(6-2)10-14-9-12(4)16(18-17)15(7-3)11-14/h5-9,11H,1-3,10,17H2,4H3/b13-8+. The van der Waals surface area contributed by atoms with E-state index in [-0.39, 0.29) is 0 Å². The number of aryl methyl sites for hydroxylation is 1. The molecule has 0 aliphatic heterocycles. The Morgan fingerprint density at radius 1 is 1.33 bits per heavy atom. The maximum atomic E-state index is 5.26. The first-order valence-corrected chi connectivity index (χ1v) is 5.73. The highest BCUT2D eigenvalue weighted by Crippen LogP contribution is 2.26. The van der Waals surface area contributed by atoms with E-state index in [2.05, 4.69) is 25.8 Å². The van der Waals surface area contributed by atoms with Gasteiger partial charge in [-0.05, 0) is 36.1 Å². The molecule has 1 aromatic carbocycles. The van der Waals surface area contributed by atoms with E-state index < -0.39 is 0 Å². The van der Waals surface area contributed by atoms with Crippen LogP contribution >= 0.6 is 0 Å². The summed E-state index contributed by atoms with van der Waals surface area (Å²) in [4.78, 5) is 4.88. The Morgan fingerprint density at radius 2 is 2.06 bits per heavy atom. The van der Waals surface area contributed by atoms with E-state index in [9.17, 15) is 0 Å². The van der Waals surface area contributed by atoms with Gasteiger partial charge in [0.05, 0.1) is 0 Å². The minimum absolute atomic E-state index is 0.668. The molecule has 94 valence electrons. The van der Waals surface area contributed by atoms with Gasteiger partial charge in [-0.2, -0.15) is 5.90 Å². The second kappa shape index (κ2) is 6.62. The largest absolute Gasteiger partial charge is 0.411 e. The first kappa shape index (κ1) is 14.0. The molecule has 2 nitrogen and oxygen atoms in total. The topological polar surface area (TPSA) is 35.2 Å². The van der Waals surface area contributed by atoms with Crippen LogP contribution in [0, 0.1) is 6.92 Å². The van der Waals surface area contributed by atoms with Crippen molar-refractivity contribution in [1.29, 1.82) is 0 Å². The van der Waals surface area contributed by atoms with Crippen molar-refractivity contribution < 1.29 is 4.84 Å². The molecule has 0 radical (unpaired) electrons. The summed E-state index contributed by atoms with van der Waals surface area (Å²) in [5, 5.41) is 0. The van der Waals surface area contributed by atoms with Crippen LogP contribution in [0.15, 0.2) is 55.7 Å². The number of benzene rings is 1. The molecule has 0 atom stereocenters. The first-order valence-electron chi connectivity index (χ1n) is 5.73. The van der Waals surface area contributed by atoms with Crippen LogP contribution in [0.5, 0.6) is 5.75 Å². The molecular weight excluding hydrogens is 222 g/mol. The zero-order chi connectivity index (χ0) is 13.5. The molecule has 2 heteroatoms. The number of nitrogens with two attached hydrogens (primary N) is 1. The Hall–Kier alpha value is -2.06. The van der Waals surface area contributed by atoms with Crippen molar-refractivity contribution in [2.75, 3.05) is 0 Å². The molecule has 0 aliphatic rings. The molecular formula is C16H19NO. The second-order valence-corrected chi connectivity index (χ2v) is 4.01. The van der Waals surface area contributed by atoms with Gasteiger partial charge in [-0.1, -0.05) is 50.1 Å². The summed E-state index contributed by atoms with van der Waals surface area (Å²) in [7, 11) is 0. The summed E-state index contributed by atoms with van der Waals surface area (Å²) in [6, 6.07) is 4.07. The first-order chi connectivity index (χ1) is 8.65.